The molecule has 2 amide bonds. The van der Waals surface area contributed by atoms with E-state index < -0.39 is 23.5 Å². The normalized spacial score (nSPS) is 15.7. The average Bonchev–Trinajstić information content (AvgIpc) is 2.78. The van der Waals surface area contributed by atoms with Crippen molar-refractivity contribution in [3.05, 3.63) is 29.3 Å². The first kappa shape index (κ1) is 24.1. The van der Waals surface area contributed by atoms with Crippen molar-refractivity contribution < 1.29 is 19.4 Å². The Balaban J connectivity index is 1.75. The lowest BCUT2D eigenvalue weighted by molar-refractivity contribution is 0.0405. The quantitative estimate of drug-likeness (QED) is 0.448. The standard InChI is InChI=1S/C21H30N8O4/c1-11(21(2,3)32)24-18(31)17-26-19(28-20(27-17)33-4)29-9-7-12(8-10-29)14-6-5-13(22)15(25-14)16(23)30/h5-6,11-12,32H,7-10,22H2,1-4H3,(H2,23,30)(H,24,31). The average molecular weight is 459 g/mol. The van der Waals surface area contributed by atoms with Gasteiger partial charge in [-0.05, 0) is 45.7 Å². The van der Waals surface area contributed by atoms with Gasteiger partial charge in [0.2, 0.25) is 11.8 Å². The van der Waals surface area contributed by atoms with Gasteiger partial charge in [-0.3, -0.25) is 9.59 Å². The van der Waals surface area contributed by atoms with E-state index in [2.05, 4.69) is 25.3 Å². The molecule has 12 nitrogen and oxygen atoms in total. The molecule has 178 valence electrons. The van der Waals surface area contributed by atoms with Crippen molar-refractivity contribution >= 4 is 23.5 Å². The zero-order valence-corrected chi connectivity index (χ0v) is 19.2. The summed E-state index contributed by atoms with van der Waals surface area (Å²) < 4.78 is 5.16. The minimum Gasteiger partial charge on any atom is -0.467 e. The molecule has 1 atom stereocenters. The number of nitrogens with zero attached hydrogens (tertiary/aromatic N) is 5. The molecule has 1 unspecified atom stereocenters. The van der Waals surface area contributed by atoms with Crippen LogP contribution < -0.4 is 26.4 Å². The number of ether oxygens (including phenoxy) is 1. The minimum absolute atomic E-state index is 0.0227. The van der Waals surface area contributed by atoms with Crippen molar-refractivity contribution in [2.75, 3.05) is 30.8 Å². The zero-order chi connectivity index (χ0) is 24.3. The number of piperidine rings is 1. The Morgan fingerprint density at radius 1 is 1.21 bits per heavy atom. The summed E-state index contributed by atoms with van der Waals surface area (Å²) in [6.45, 7) is 6.08. The summed E-state index contributed by atoms with van der Waals surface area (Å²) in [6, 6.07) is 2.95. The van der Waals surface area contributed by atoms with Gasteiger partial charge in [0.1, 0.15) is 0 Å². The van der Waals surface area contributed by atoms with E-state index in [4.69, 9.17) is 16.2 Å². The second kappa shape index (κ2) is 9.53. The number of hydrogen-bond donors (Lipinski definition) is 4. The summed E-state index contributed by atoms with van der Waals surface area (Å²) in [6.07, 6.45) is 1.45. The Morgan fingerprint density at radius 2 is 1.88 bits per heavy atom. The first-order valence-corrected chi connectivity index (χ1v) is 10.6. The molecule has 2 aromatic rings. The molecule has 3 rings (SSSR count). The number of hydrogen-bond acceptors (Lipinski definition) is 10. The number of aliphatic hydroxyl groups is 1. The number of aromatic nitrogens is 4. The lowest BCUT2D eigenvalue weighted by Crippen LogP contribution is -2.47. The van der Waals surface area contributed by atoms with Crippen LogP contribution in [0.5, 0.6) is 6.01 Å². The Bertz CT molecular complexity index is 1030. The van der Waals surface area contributed by atoms with Crippen molar-refractivity contribution in [1.29, 1.82) is 0 Å². The number of primary amides is 1. The van der Waals surface area contributed by atoms with Crippen LogP contribution in [0.15, 0.2) is 12.1 Å². The van der Waals surface area contributed by atoms with E-state index in [0.717, 1.165) is 18.5 Å². The number of nitrogen functional groups attached to an aromatic ring is 1. The monoisotopic (exact) mass is 458 g/mol. The summed E-state index contributed by atoms with van der Waals surface area (Å²) in [4.78, 5) is 43.2. The van der Waals surface area contributed by atoms with Crippen LogP contribution in [0, 0.1) is 0 Å². The summed E-state index contributed by atoms with van der Waals surface area (Å²) in [5, 5.41) is 12.8. The maximum atomic E-state index is 12.7. The Labute approximate surface area is 191 Å². The molecule has 0 aromatic carbocycles. The molecule has 0 aliphatic carbocycles. The van der Waals surface area contributed by atoms with E-state index >= 15 is 0 Å². The second-order valence-electron chi connectivity index (χ2n) is 8.59. The zero-order valence-electron chi connectivity index (χ0n) is 19.2. The fraction of sp³-hybridized carbons (Fsp3) is 0.524. The van der Waals surface area contributed by atoms with Crippen LogP contribution in [0.1, 0.15) is 66.3 Å². The number of carbonyl (C=O) groups is 2. The minimum atomic E-state index is -1.11. The molecule has 0 saturated carbocycles. The number of rotatable bonds is 7. The number of pyridine rings is 1. The highest BCUT2D eigenvalue weighted by Gasteiger charge is 2.28. The largest absolute Gasteiger partial charge is 0.467 e. The van der Waals surface area contributed by atoms with E-state index in [-0.39, 0.29) is 29.1 Å². The van der Waals surface area contributed by atoms with Crippen molar-refractivity contribution in [2.45, 2.75) is 51.2 Å². The molecule has 1 fully saturated rings. The molecule has 3 heterocycles. The maximum absolute atomic E-state index is 12.7. The number of amides is 2. The van der Waals surface area contributed by atoms with Crippen molar-refractivity contribution in [3.63, 3.8) is 0 Å². The number of carbonyl (C=O) groups excluding carboxylic acids is 2. The lowest BCUT2D eigenvalue weighted by atomic mass is 9.93. The van der Waals surface area contributed by atoms with Crippen LogP contribution in [0.25, 0.3) is 0 Å². The SMILES string of the molecule is COc1nc(C(=O)NC(C)C(C)(C)O)nc(N2CCC(c3ccc(N)c(C(N)=O)n3)CC2)n1. The van der Waals surface area contributed by atoms with Gasteiger partial charge in [0.05, 0.1) is 24.4 Å². The van der Waals surface area contributed by atoms with Crippen LogP contribution >= 0.6 is 0 Å². The van der Waals surface area contributed by atoms with E-state index in [1.807, 2.05) is 4.90 Å². The molecule has 2 aromatic heterocycles. The predicted molar refractivity (Wildman–Crippen MR) is 121 cm³/mol. The molecule has 6 N–H and O–H groups in total. The van der Waals surface area contributed by atoms with Crippen molar-refractivity contribution in [2.24, 2.45) is 5.73 Å². The summed E-state index contributed by atoms with van der Waals surface area (Å²) in [7, 11) is 1.41. The number of nitrogens with two attached hydrogens (primary N) is 2. The van der Waals surface area contributed by atoms with Crippen LogP contribution in [-0.4, -0.2) is 68.7 Å². The van der Waals surface area contributed by atoms with Gasteiger partial charge in [-0.15, -0.1) is 0 Å². The van der Waals surface area contributed by atoms with Crippen LogP contribution in [0.2, 0.25) is 0 Å². The third kappa shape index (κ3) is 5.64. The van der Waals surface area contributed by atoms with Gasteiger partial charge in [-0.2, -0.15) is 15.0 Å². The van der Waals surface area contributed by atoms with Crippen LogP contribution in [0.3, 0.4) is 0 Å². The first-order chi connectivity index (χ1) is 15.5. The smallest absolute Gasteiger partial charge is 0.321 e. The van der Waals surface area contributed by atoms with Gasteiger partial charge in [-0.25, -0.2) is 4.98 Å². The van der Waals surface area contributed by atoms with Gasteiger partial charge in [-0.1, -0.05) is 0 Å². The summed E-state index contributed by atoms with van der Waals surface area (Å²) in [5.41, 5.74) is 11.1. The predicted octanol–water partition coefficient (Wildman–Crippen LogP) is 0.230. The Morgan fingerprint density at radius 3 is 2.45 bits per heavy atom. The fourth-order valence-corrected chi connectivity index (χ4v) is 3.40. The number of nitrogens with one attached hydrogen (secondary N) is 1. The molecule has 0 bridgehead atoms. The highest BCUT2D eigenvalue weighted by Crippen LogP contribution is 2.29. The third-order valence-electron chi connectivity index (χ3n) is 5.77. The molecule has 0 radical (unpaired) electrons. The molecule has 1 aliphatic heterocycles. The van der Waals surface area contributed by atoms with E-state index in [1.165, 1.54) is 7.11 Å². The fourth-order valence-electron chi connectivity index (χ4n) is 3.40. The van der Waals surface area contributed by atoms with Crippen LogP contribution in [-0.2, 0) is 0 Å². The highest BCUT2D eigenvalue weighted by molar-refractivity contribution is 5.95. The number of anilines is 2. The topological polar surface area (TPSA) is 182 Å². The second-order valence-corrected chi connectivity index (χ2v) is 8.59. The van der Waals surface area contributed by atoms with Crippen molar-refractivity contribution in [1.82, 2.24) is 25.3 Å². The van der Waals surface area contributed by atoms with Gasteiger partial charge in [0.25, 0.3) is 11.8 Å². The highest BCUT2D eigenvalue weighted by atomic mass is 16.5. The van der Waals surface area contributed by atoms with E-state index in [1.54, 1.807) is 32.9 Å². The van der Waals surface area contributed by atoms with E-state index in [0.29, 0.717) is 19.0 Å². The van der Waals surface area contributed by atoms with Gasteiger partial charge in [0, 0.05) is 24.7 Å². The maximum Gasteiger partial charge on any atom is 0.321 e. The van der Waals surface area contributed by atoms with E-state index in [9.17, 15) is 14.7 Å². The summed E-state index contributed by atoms with van der Waals surface area (Å²) in [5.74, 6) is -0.856. The first-order valence-electron chi connectivity index (χ1n) is 10.6. The van der Waals surface area contributed by atoms with Crippen LogP contribution in [0.4, 0.5) is 11.6 Å². The lowest BCUT2D eigenvalue weighted by Gasteiger charge is -2.32. The Hall–Kier alpha value is -3.54. The molecule has 0 spiro atoms. The summed E-state index contributed by atoms with van der Waals surface area (Å²) >= 11 is 0. The molecular formula is C21H30N8O4. The number of methoxy groups -OCH3 is 1. The third-order valence-corrected chi connectivity index (χ3v) is 5.77. The molecule has 33 heavy (non-hydrogen) atoms. The van der Waals surface area contributed by atoms with Crippen molar-refractivity contribution in [3.8, 4) is 6.01 Å². The molecule has 1 saturated heterocycles. The van der Waals surface area contributed by atoms with Gasteiger partial charge >= 0.3 is 6.01 Å². The molecule has 12 heteroatoms. The molecule has 1 aliphatic rings. The van der Waals surface area contributed by atoms with Gasteiger partial charge in [0.15, 0.2) is 5.69 Å². The molecular weight excluding hydrogens is 428 g/mol. The Kier molecular flexibility index (Phi) is 6.96. The van der Waals surface area contributed by atoms with Gasteiger partial charge < -0.3 is 31.5 Å².